The van der Waals surface area contributed by atoms with Gasteiger partial charge in [0.2, 0.25) is 0 Å². The van der Waals surface area contributed by atoms with Crippen LogP contribution in [0.1, 0.15) is 39.2 Å². The summed E-state index contributed by atoms with van der Waals surface area (Å²) >= 11 is 5.99. The predicted octanol–water partition coefficient (Wildman–Crippen LogP) is 5.27. The highest BCUT2D eigenvalue weighted by atomic mass is 35.5. The minimum atomic E-state index is -0.799. The molecule has 1 atom stereocenters. The number of nitrogens with one attached hydrogen (secondary N) is 2. The number of anilines is 1. The number of rotatable bonds is 6. The molecule has 0 spiro atoms. The van der Waals surface area contributed by atoms with E-state index in [4.69, 9.17) is 11.6 Å². The first-order chi connectivity index (χ1) is 15.2. The van der Waals surface area contributed by atoms with Crippen LogP contribution in [0.5, 0.6) is 0 Å². The molecule has 0 fully saturated rings. The van der Waals surface area contributed by atoms with Gasteiger partial charge in [-0.25, -0.2) is 8.78 Å². The topological polar surface area (TPSA) is 101 Å². The van der Waals surface area contributed by atoms with Crippen LogP contribution in [0.3, 0.4) is 0 Å². The summed E-state index contributed by atoms with van der Waals surface area (Å²) in [5.74, 6) is -2.82. The summed E-state index contributed by atoms with van der Waals surface area (Å²) < 4.78 is 27.1. The van der Waals surface area contributed by atoms with E-state index in [1.54, 1.807) is 12.1 Å². The van der Waals surface area contributed by atoms with Gasteiger partial charge >= 0.3 is 0 Å². The number of halogens is 3. The van der Waals surface area contributed by atoms with E-state index in [-0.39, 0.29) is 33.1 Å². The molecule has 0 aliphatic carbocycles. The lowest BCUT2D eigenvalue weighted by molar-refractivity contribution is -0.384. The third-order valence-electron chi connectivity index (χ3n) is 4.60. The fourth-order valence-corrected chi connectivity index (χ4v) is 3.25. The van der Waals surface area contributed by atoms with Crippen molar-refractivity contribution in [3.8, 4) is 0 Å². The van der Waals surface area contributed by atoms with Gasteiger partial charge in [-0.1, -0.05) is 29.8 Å². The molecule has 0 saturated carbocycles. The molecule has 2 amide bonds. The average Bonchev–Trinajstić information content (AvgIpc) is 2.73. The van der Waals surface area contributed by atoms with Crippen LogP contribution >= 0.6 is 11.6 Å². The number of amides is 2. The summed E-state index contributed by atoms with van der Waals surface area (Å²) in [6.45, 7) is 1.53. The number of hydrogen-bond donors (Lipinski definition) is 2. The Morgan fingerprint density at radius 3 is 2.38 bits per heavy atom. The standard InChI is InChI=1S/C22H16ClF2N3O4/c1-12(15-8-6-13(24)10-19(15)25)26-22(30)17-4-2-3-5-20(17)27-21(29)16-9-7-14(28(31)32)11-18(16)23/h2-12H,1H3,(H,26,30)(H,27,29). The molecule has 0 saturated heterocycles. The van der Waals surface area contributed by atoms with E-state index >= 15 is 0 Å². The van der Waals surface area contributed by atoms with Gasteiger partial charge in [0.05, 0.1) is 32.8 Å². The zero-order valence-electron chi connectivity index (χ0n) is 16.6. The lowest BCUT2D eigenvalue weighted by Gasteiger charge is -2.17. The Hall–Kier alpha value is -3.85. The van der Waals surface area contributed by atoms with Crippen LogP contribution in [0.4, 0.5) is 20.2 Å². The molecule has 2 N–H and O–H groups in total. The average molecular weight is 460 g/mol. The van der Waals surface area contributed by atoms with Crippen molar-refractivity contribution in [3.05, 3.63) is 104 Å². The molecule has 10 heteroatoms. The molecule has 0 aromatic heterocycles. The number of nitro benzene ring substituents is 1. The van der Waals surface area contributed by atoms with Gasteiger partial charge in [0.25, 0.3) is 17.5 Å². The molecule has 1 unspecified atom stereocenters. The van der Waals surface area contributed by atoms with Crippen molar-refractivity contribution in [2.75, 3.05) is 5.32 Å². The number of nitrogens with zero attached hydrogens (tertiary/aromatic N) is 1. The summed E-state index contributed by atoms with van der Waals surface area (Å²) in [5, 5.41) is 15.9. The van der Waals surface area contributed by atoms with Gasteiger partial charge in [0.1, 0.15) is 11.6 Å². The van der Waals surface area contributed by atoms with Gasteiger partial charge in [-0.05, 0) is 31.2 Å². The first-order valence-corrected chi connectivity index (χ1v) is 9.65. The quantitative estimate of drug-likeness (QED) is 0.387. The second kappa shape index (κ2) is 9.52. The fourth-order valence-electron chi connectivity index (χ4n) is 2.99. The van der Waals surface area contributed by atoms with E-state index in [0.29, 0.717) is 0 Å². The molecule has 0 bridgehead atoms. The number of para-hydroxylation sites is 1. The molecule has 3 aromatic rings. The highest BCUT2D eigenvalue weighted by molar-refractivity contribution is 6.34. The molecular formula is C22H16ClF2N3O4. The lowest BCUT2D eigenvalue weighted by atomic mass is 10.1. The lowest BCUT2D eigenvalue weighted by Crippen LogP contribution is -2.28. The summed E-state index contributed by atoms with van der Waals surface area (Å²) in [5.41, 5.74) is 0.0472. The van der Waals surface area contributed by atoms with Crippen molar-refractivity contribution >= 4 is 34.8 Å². The zero-order chi connectivity index (χ0) is 23.4. The molecule has 0 aliphatic rings. The summed E-state index contributed by atoms with van der Waals surface area (Å²) in [6, 6.07) is 11.8. The molecule has 3 rings (SSSR count). The third kappa shape index (κ3) is 5.06. The minimum absolute atomic E-state index is 0.0192. The summed E-state index contributed by atoms with van der Waals surface area (Å²) in [6.07, 6.45) is 0. The zero-order valence-corrected chi connectivity index (χ0v) is 17.3. The maximum absolute atomic E-state index is 14.0. The number of carbonyl (C=O) groups is 2. The summed E-state index contributed by atoms with van der Waals surface area (Å²) in [7, 11) is 0. The van der Waals surface area contributed by atoms with Crippen LogP contribution in [-0.2, 0) is 0 Å². The summed E-state index contributed by atoms with van der Waals surface area (Å²) in [4.78, 5) is 35.6. The van der Waals surface area contributed by atoms with Crippen molar-refractivity contribution in [3.63, 3.8) is 0 Å². The maximum Gasteiger partial charge on any atom is 0.270 e. The van der Waals surface area contributed by atoms with Crippen LogP contribution in [0.2, 0.25) is 5.02 Å². The molecule has 7 nitrogen and oxygen atoms in total. The Bertz CT molecular complexity index is 1220. The molecule has 0 heterocycles. The van der Waals surface area contributed by atoms with Gasteiger partial charge in [-0.2, -0.15) is 0 Å². The Balaban J connectivity index is 1.80. The first-order valence-electron chi connectivity index (χ1n) is 9.27. The van der Waals surface area contributed by atoms with Crippen molar-refractivity contribution < 1.29 is 23.3 Å². The van der Waals surface area contributed by atoms with Gasteiger partial charge in [0.15, 0.2) is 0 Å². The van der Waals surface area contributed by atoms with Crippen molar-refractivity contribution in [2.24, 2.45) is 0 Å². The largest absolute Gasteiger partial charge is 0.345 e. The normalized spacial score (nSPS) is 11.5. The molecule has 32 heavy (non-hydrogen) atoms. The van der Waals surface area contributed by atoms with Crippen LogP contribution in [0, 0.1) is 21.7 Å². The van der Waals surface area contributed by atoms with Crippen LogP contribution in [-0.4, -0.2) is 16.7 Å². The van der Waals surface area contributed by atoms with Gasteiger partial charge in [-0.15, -0.1) is 0 Å². The number of carbonyl (C=O) groups excluding carboxylic acids is 2. The Morgan fingerprint density at radius 1 is 1.00 bits per heavy atom. The Kier molecular flexibility index (Phi) is 6.79. The molecule has 0 radical (unpaired) electrons. The van der Waals surface area contributed by atoms with Gasteiger partial charge in [0, 0.05) is 23.8 Å². The smallest absolute Gasteiger partial charge is 0.270 e. The van der Waals surface area contributed by atoms with E-state index < -0.39 is 34.4 Å². The second-order valence-corrected chi connectivity index (χ2v) is 7.19. The Morgan fingerprint density at radius 2 is 1.72 bits per heavy atom. The number of benzene rings is 3. The van der Waals surface area contributed by atoms with Gasteiger partial charge in [-0.3, -0.25) is 19.7 Å². The van der Waals surface area contributed by atoms with E-state index in [1.165, 1.54) is 31.2 Å². The first kappa shape index (κ1) is 22.8. The highest BCUT2D eigenvalue weighted by Crippen LogP contribution is 2.25. The van der Waals surface area contributed by atoms with Crippen molar-refractivity contribution in [1.82, 2.24) is 5.32 Å². The van der Waals surface area contributed by atoms with Crippen LogP contribution < -0.4 is 10.6 Å². The molecule has 3 aromatic carbocycles. The van der Waals surface area contributed by atoms with Crippen LogP contribution in [0.15, 0.2) is 60.7 Å². The van der Waals surface area contributed by atoms with E-state index in [0.717, 1.165) is 24.3 Å². The fraction of sp³-hybridized carbons (Fsp3) is 0.0909. The molecule has 164 valence electrons. The minimum Gasteiger partial charge on any atom is -0.345 e. The Labute approximate surface area is 186 Å². The van der Waals surface area contributed by atoms with Gasteiger partial charge < -0.3 is 10.6 Å². The highest BCUT2D eigenvalue weighted by Gasteiger charge is 2.20. The number of non-ortho nitro benzene ring substituents is 1. The van der Waals surface area contributed by atoms with Crippen LogP contribution in [0.25, 0.3) is 0 Å². The SMILES string of the molecule is CC(NC(=O)c1ccccc1NC(=O)c1ccc([N+](=O)[O-])cc1Cl)c1ccc(F)cc1F. The maximum atomic E-state index is 14.0. The third-order valence-corrected chi connectivity index (χ3v) is 4.92. The van der Waals surface area contributed by atoms with Crippen molar-refractivity contribution in [2.45, 2.75) is 13.0 Å². The number of nitro groups is 1. The van der Waals surface area contributed by atoms with E-state index in [1.807, 2.05) is 0 Å². The molecular weight excluding hydrogens is 444 g/mol. The predicted molar refractivity (Wildman–Crippen MR) is 115 cm³/mol. The molecule has 0 aliphatic heterocycles. The monoisotopic (exact) mass is 459 g/mol. The second-order valence-electron chi connectivity index (χ2n) is 6.78. The van der Waals surface area contributed by atoms with Crippen molar-refractivity contribution in [1.29, 1.82) is 0 Å². The van der Waals surface area contributed by atoms with E-state index in [2.05, 4.69) is 10.6 Å². The van der Waals surface area contributed by atoms with E-state index in [9.17, 15) is 28.5 Å². The number of hydrogen-bond acceptors (Lipinski definition) is 4.